The molecule has 0 saturated carbocycles. The molecule has 3 nitrogen and oxygen atoms in total. The highest BCUT2D eigenvalue weighted by atomic mass is 35.5. The van der Waals surface area contributed by atoms with Gasteiger partial charge in [0, 0.05) is 16.3 Å². The van der Waals surface area contributed by atoms with Gasteiger partial charge in [-0.2, -0.15) is 0 Å². The van der Waals surface area contributed by atoms with E-state index >= 15 is 0 Å². The average Bonchev–Trinajstić information content (AvgIpc) is 2.42. The predicted octanol–water partition coefficient (Wildman–Crippen LogP) is 4.39. The average molecular weight is 333 g/mol. The smallest absolute Gasteiger partial charge is 0.257 e. The first-order chi connectivity index (χ1) is 10.4. The van der Waals surface area contributed by atoms with E-state index in [0.29, 0.717) is 10.6 Å². The van der Waals surface area contributed by atoms with Crippen molar-refractivity contribution in [2.24, 2.45) is 0 Å². The van der Waals surface area contributed by atoms with Crippen molar-refractivity contribution in [2.75, 3.05) is 5.32 Å². The second kappa shape index (κ2) is 6.90. The molecular weight excluding hydrogens is 316 g/mol. The number of hydrogen-bond acceptors (Lipinski definition) is 2. The number of halogens is 1. The number of aryl methyl sites for hydroxylation is 3. The number of benzene rings is 2. The lowest BCUT2D eigenvalue weighted by atomic mass is 10.1. The Morgan fingerprint density at radius 3 is 2.45 bits per heavy atom. The predicted molar refractivity (Wildman–Crippen MR) is 95.8 cm³/mol. The molecule has 0 aliphatic rings. The molecule has 0 aliphatic carbocycles. The summed E-state index contributed by atoms with van der Waals surface area (Å²) in [6, 6.07) is 11.1. The summed E-state index contributed by atoms with van der Waals surface area (Å²) < 4.78 is 0. The number of thiocarbonyl (C=S) groups is 1. The standard InChI is InChI=1S/C17H17ClN2OS/c1-10-4-7-14(12(3)8-10)16(21)20-17(22)19-15-9-13(18)6-5-11(15)2/h4-9H,1-3H3,(H2,19,20,21,22). The van der Waals surface area contributed by atoms with E-state index in [9.17, 15) is 4.79 Å². The van der Waals surface area contributed by atoms with Crippen molar-refractivity contribution in [3.8, 4) is 0 Å². The van der Waals surface area contributed by atoms with Gasteiger partial charge in [-0.25, -0.2) is 0 Å². The van der Waals surface area contributed by atoms with Crippen molar-refractivity contribution in [3.63, 3.8) is 0 Å². The van der Waals surface area contributed by atoms with Gasteiger partial charge in [0.15, 0.2) is 5.11 Å². The number of amides is 1. The lowest BCUT2D eigenvalue weighted by molar-refractivity contribution is 0.0977. The first kappa shape index (κ1) is 16.5. The summed E-state index contributed by atoms with van der Waals surface area (Å²) in [7, 11) is 0. The third-order valence-electron chi connectivity index (χ3n) is 3.30. The van der Waals surface area contributed by atoms with E-state index in [1.807, 2.05) is 39.0 Å². The largest absolute Gasteiger partial charge is 0.332 e. The minimum absolute atomic E-state index is 0.227. The number of rotatable bonds is 2. The van der Waals surface area contributed by atoms with E-state index in [0.717, 1.165) is 22.4 Å². The van der Waals surface area contributed by atoms with E-state index in [-0.39, 0.29) is 11.0 Å². The van der Waals surface area contributed by atoms with Crippen molar-refractivity contribution in [1.29, 1.82) is 0 Å². The summed E-state index contributed by atoms with van der Waals surface area (Å²) >= 11 is 11.2. The first-order valence-corrected chi connectivity index (χ1v) is 7.61. The van der Waals surface area contributed by atoms with Crippen LogP contribution in [-0.2, 0) is 0 Å². The second-order valence-electron chi connectivity index (χ2n) is 5.19. The van der Waals surface area contributed by atoms with Gasteiger partial charge in [0.05, 0.1) is 0 Å². The summed E-state index contributed by atoms with van der Waals surface area (Å²) in [6.07, 6.45) is 0. The van der Waals surface area contributed by atoms with Crippen molar-refractivity contribution < 1.29 is 4.79 Å². The fourth-order valence-corrected chi connectivity index (χ4v) is 2.50. The van der Waals surface area contributed by atoms with Crippen LogP contribution in [-0.4, -0.2) is 11.0 Å². The van der Waals surface area contributed by atoms with Crippen LogP contribution >= 0.6 is 23.8 Å². The van der Waals surface area contributed by atoms with Crippen LogP contribution in [0, 0.1) is 20.8 Å². The van der Waals surface area contributed by atoms with Gasteiger partial charge in [0.2, 0.25) is 0 Å². The molecule has 114 valence electrons. The van der Waals surface area contributed by atoms with E-state index in [4.69, 9.17) is 23.8 Å². The molecule has 2 rings (SSSR count). The monoisotopic (exact) mass is 332 g/mol. The van der Waals surface area contributed by atoms with Crippen LogP contribution in [0.5, 0.6) is 0 Å². The molecule has 0 radical (unpaired) electrons. The van der Waals surface area contributed by atoms with Gasteiger partial charge in [-0.1, -0.05) is 35.4 Å². The summed E-state index contributed by atoms with van der Waals surface area (Å²) in [5, 5.41) is 6.54. The third kappa shape index (κ3) is 4.06. The summed E-state index contributed by atoms with van der Waals surface area (Å²) in [5.74, 6) is -0.227. The maximum atomic E-state index is 12.3. The van der Waals surface area contributed by atoms with Crippen molar-refractivity contribution >= 4 is 40.5 Å². The van der Waals surface area contributed by atoms with Crippen LogP contribution in [0.2, 0.25) is 5.02 Å². The second-order valence-corrected chi connectivity index (χ2v) is 6.03. The fraction of sp³-hybridized carbons (Fsp3) is 0.176. The summed E-state index contributed by atoms with van der Waals surface area (Å²) in [6.45, 7) is 5.83. The molecule has 0 heterocycles. The zero-order valence-electron chi connectivity index (χ0n) is 12.7. The van der Waals surface area contributed by atoms with Crippen LogP contribution in [0.15, 0.2) is 36.4 Å². The normalized spacial score (nSPS) is 10.2. The Kier molecular flexibility index (Phi) is 5.16. The quantitative estimate of drug-likeness (QED) is 0.801. The Morgan fingerprint density at radius 1 is 1.05 bits per heavy atom. The molecule has 0 aliphatic heterocycles. The number of carbonyl (C=O) groups excluding carboxylic acids is 1. The molecule has 5 heteroatoms. The van der Waals surface area contributed by atoms with Crippen molar-refractivity contribution in [2.45, 2.75) is 20.8 Å². The fourth-order valence-electron chi connectivity index (χ4n) is 2.12. The minimum Gasteiger partial charge on any atom is -0.332 e. The molecule has 0 unspecified atom stereocenters. The molecule has 0 spiro atoms. The molecule has 0 saturated heterocycles. The van der Waals surface area contributed by atoms with Gasteiger partial charge in [-0.15, -0.1) is 0 Å². The zero-order valence-corrected chi connectivity index (χ0v) is 14.2. The molecule has 2 N–H and O–H groups in total. The number of nitrogens with one attached hydrogen (secondary N) is 2. The maximum Gasteiger partial charge on any atom is 0.257 e. The highest BCUT2D eigenvalue weighted by molar-refractivity contribution is 7.80. The first-order valence-electron chi connectivity index (χ1n) is 6.82. The highest BCUT2D eigenvalue weighted by Gasteiger charge is 2.11. The van der Waals surface area contributed by atoms with Gasteiger partial charge < -0.3 is 5.32 Å². The Labute approximate surface area is 140 Å². The molecule has 2 aromatic rings. The highest BCUT2D eigenvalue weighted by Crippen LogP contribution is 2.20. The number of carbonyl (C=O) groups is 1. The Morgan fingerprint density at radius 2 is 1.77 bits per heavy atom. The minimum atomic E-state index is -0.227. The molecule has 0 atom stereocenters. The molecule has 0 aromatic heterocycles. The lowest BCUT2D eigenvalue weighted by Gasteiger charge is -2.13. The molecule has 22 heavy (non-hydrogen) atoms. The SMILES string of the molecule is Cc1ccc(C(=O)NC(=S)Nc2cc(Cl)ccc2C)c(C)c1. The Hall–Kier alpha value is -1.91. The van der Waals surface area contributed by atoms with Crippen molar-refractivity contribution in [3.05, 3.63) is 63.7 Å². The van der Waals surface area contributed by atoms with Crippen LogP contribution in [0.4, 0.5) is 5.69 Å². The molecular formula is C17H17ClN2OS. The zero-order chi connectivity index (χ0) is 16.3. The van der Waals surface area contributed by atoms with Crippen LogP contribution in [0.1, 0.15) is 27.0 Å². The van der Waals surface area contributed by atoms with Crippen LogP contribution in [0.25, 0.3) is 0 Å². The molecule has 0 fully saturated rings. The molecule has 0 bridgehead atoms. The van der Waals surface area contributed by atoms with E-state index in [2.05, 4.69) is 10.6 Å². The molecule has 2 aromatic carbocycles. The summed E-state index contributed by atoms with van der Waals surface area (Å²) in [5.41, 5.74) is 4.41. The van der Waals surface area contributed by atoms with Gasteiger partial charge in [-0.3, -0.25) is 10.1 Å². The van der Waals surface area contributed by atoms with E-state index in [1.54, 1.807) is 18.2 Å². The number of anilines is 1. The van der Waals surface area contributed by atoms with E-state index in [1.165, 1.54) is 0 Å². The maximum absolute atomic E-state index is 12.3. The number of hydrogen-bond donors (Lipinski definition) is 2. The van der Waals surface area contributed by atoms with Crippen LogP contribution in [0.3, 0.4) is 0 Å². The molecule has 1 amide bonds. The van der Waals surface area contributed by atoms with Gasteiger partial charge in [0.1, 0.15) is 0 Å². The van der Waals surface area contributed by atoms with Gasteiger partial charge in [-0.05, 0) is 62.3 Å². The topological polar surface area (TPSA) is 41.1 Å². The summed E-state index contributed by atoms with van der Waals surface area (Å²) in [4.78, 5) is 12.3. The van der Waals surface area contributed by atoms with Gasteiger partial charge >= 0.3 is 0 Å². The van der Waals surface area contributed by atoms with Gasteiger partial charge in [0.25, 0.3) is 5.91 Å². The lowest BCUT2D eigenvalue weighted by Crippen LogP contribution is -2.34. The van der Waals surface area contributed by atoms with E-state index < -0.39 is 0 Å². The van der Waals surface area contributed by atoms with Crippen molar-refractivity contribution in [1.82, 2.24) is 5.32 Å². The Balaban J connectivity index is 2.08. The third-order valence-corrected chi connectivity index (χ3v) is 3.74. The Bertz CT molecular complexity index is 743. The van der Waals surface area contributed by atoms with Crippen LogP contribution < -0.4 is 10.6 Å².